The van der Waals surface area contributed by atoms with Crippen molar-refractivity contribution in [2.45, 2.75) is 38.4 Å². The largest absolute Gasteiger partial charge is 0.445 e. The van der Waals surface area contributed by atoms with Gasteiger partial charge < -0.3 is 29.2 Å². The zero-order valence-electron chi connectivity index (χ0n) is 15.5. The van der Waals surface area contributed by atoms with E-state index in [9.17, 15) is 4.79 Å². The summed E-state index contributed by atoms with van der Waals surface area (Å²) in [5, 5.41) is 3.39. The molecule has 0 saturated carbocycles. The second-order valence-corrected chi connectivity index (χ2v) is 7.11. The van der Waals surface area contributed by atoms with Crippen molar-refractivity contribution in [3.8, 4) is 0 Å². The molecule has 0 spiro atoms. The Morgan fingerprint density at radius 3 is 2.73 bits per heavy atom. The molecule has 7 heteroatoms. The maximum atomic E-state index is 12.3. The monoisotopic (exact) mass is 364 g/mol. The first-order chi connectivity index (χ1) is 12.5. The van der Waals surface area contributed by atoms with Crippen LogP contribution < -0.4 is 5.32 Å². The Labute approximate surface area is 154 Å². The third-order valence-corrected chi connectivity index (χ3v) is 4.50. The molecule has 2 saturated heterocycles. The number of hydrogen-bond acceptors (Lipinski definition) is 6. The fourth-order valence-electron chi connectivity index (χ4n) is 2.93. The molecule has 1 amide bonds. The molecule has 2 heterocycles. The van der Waals surface area contributed by atoms with Crippen molar-refractivity contribution in [3.05, 3.63) is 35.9 Å². The van der Waals surface area contributed by atoms with E-state index in [4.69, 9.17) is 18.9 Å². The molecule has 1 aromatic rings. The predicted molar refractivity (Wildman–Crippen MR) is 95.7 cm³/mol. The molecule has 0 aromatic heterocycles. The van der Waals surface area contributed by atoms with E-state index in [0.717, 1.165) is 5.56 Å². The highest BCUT2D eigenvalue weighted by Crippen LogP contribution is 2.17. The molecule has 0 bridgehead atoms. The first kappa shape index (κ1) is 19.1. The van der Waals surface area contributed by atoms with Crippen molar-refractivity contribution in [3.63, 3.8) is 0 Å². The average molecular weight is 364 g/mol. The van der Waals surface area contributed by atoms with E-state index in [1.165, 1.54) is 0 Å². The molecule has 26 heavy (non-hydrogen) atoms. The van der Waals surface area contributed by atoms with Crippen LogP contribution in [0.2, 0.25) is 0 Å². The highest BCUT2D eigenvalue weighted by molar-refractivity contribution is 5.67. The number of benzene rings is 1. The van der Waals surface area contributed by atoms with Gasteiger partial charge in [0.05, 0.1) is 38.5 Å². The van der Waals surface area contributed by atoms with Crippen LogP contribution in [-0.2, 0) is 25.6 Å². The lowest BCUT2D eigenvalue weighted by Gasteiger charge is -2.37. The van der Waals surface area contributed by atoms with Crippen molar-refractivity contribution >= 4 is 6.09 Å². The van der Waals surface area contributed by atoms with Gasteiger partial charge in [-0.15, -0.1) is 0 Å². The molecule has 2 aliphatic rings. The number of rotatable bonds is 5. The van der Waals surface area contributed by atoms with Crippen LogP contribution in [0.15, 0.2) is 30.3 Å². The topological polar surface area (TPSA) is 69.3 Å². The van der Waals surface area contributed by atoms with Crippen molar-refractivity contribution in [2.75, 3.05) is 39.5 Å². The van der Waals surface area contributed by atoms with E-state index < -0.39 is 5.79 Å². The first-order valence-corrected chi connectivity index (χ1v) is 9.10. The number of nitrogens with one attached hydrogen (secondary N) is 1. The normalized spacial score (nSPS) is 23.6. The van der Waals surface area contributed by atoms with E-state index in [1.54, 1.807) is 4.90 Å². The molecule has 2 aliphatic heterocycles. The van der Waals surface area contributed by atoms with Crippen LogP contribution in [0.5, 0.6) is 0 Å². The molecule has 0 aliphatic carbocycles. The van der Waals surface area contributed by atoms with E-state index in [2.05, 4.69) is 5.32 Å². The smallest absolute Gasteiger partial charge is 0.410 e. The van der Waals surface area contributed by atoms with Crippen LogP contribution in [0.25, 0.3) is 0 Å². The molecule has 1 atom stereocenters. The zero-order chi connectivity index (χ0) is 18.4. The van der Waals surface area contributed by atoms with Gasteiger partial charge in [-0.05, 0) is 19.4 Å². The molecular formula is C19H28N2O5. The maximum absolute atomic E-state index is 12.3. The number of carbonyl (C=O) groups is 1. The van der Waals surface area contributed by atoms with Crippen molar-refractivity contribution in [2.24, 2.45) is 0 Å². The van der Waals surface area contributed by atoms with Gasteiger partial charge in [-0.3, -0.25) is 0 Å². The van der Waals surface area contributed by atoms with E-state index in [1.807, 2.05) is 44.2 Å². The fourth-order valence-corrected chi connectivity index (χ4v) is 2.93. The van der Waals surface area contributed by atoms with Crippen LogP contribution in [0.1, 0.15) is 19.4 Å². The van der Waals surface area contributed by atoms with Gasteiger partial charge in [0.1, 0.15) is 6.61 Å². The third-order valence-electron chi connectivity index (χ3n) is 4.50. The van der Waals surface area contributed by atoms with Gasteiger partial charge in [0.25, 0.3) is 0 Å². The minimum absolute atomic E-state index is 0.0667. The van der Waals surface area contributed by atoms with E-state index in [-0.39, 0.29) is 24.8 Å². The van der Waals surface area contributed by atoms with Crippen LogP contribution in [-0.4, -0.2) is 68.4 Å². The number of carbonyl (C=O) groups excluding carboxylic acids is 1. The molecule has 1 aromatic carbocycles. The van der Waals surface area contributed by atoms with Crippen LogP contribution in [0, 0.1) is 0 Å². The van der Waals surface area contributed by atoms with Gasteiger partial charge in [0.2, 0.25) is 0 Å². The van der Waals surface area contributed by atoms with E-state index >= 15 is 0 Å². The Morgan fingerprint density at radius 1 is 1.27 bits per heavy atom. The van der Waals surface area contributed by atoms with Gasteiger partial charge in [-0.2, -0.15) is 0 Å². The lowest BCUT2D eigenvalue weighted by Crippen LogP contribution is -2.53. The number of morpholine rings is 1. The lowest BCUT2D eigenvalue weighted by atomic mass is 10.2. The second-order valence-electron chi connectivity index (χ2n) is 7.11. The summed E-state index contributed by atoms with van der Waals surface area (Å²) in [4.78, 5) is 14.0. The minimum atomic E-state index is -0.515. The van der Waals surface area contributed by atoms with Gasteiger partial charge >= 0.3 is 6.09 Å². The molecule has 3 rings (SSSR count). The Hall–Kier alpha value is -1.67. The molecule has 1 unspecified atom stereocenters. The summed E-state index contributed by atoms with van der Waals surface area (Å²) in [5.41, 5.74) is 0.979. The van der Waals surface area contributed by atoms with Crippen LogP contribution >= 0.6 is 0 Å². The summed E-state index contributed by atoms with van der Waals surface area (Å²) in [6.07, 6.45) is -0.365. The second kappa shape index (κ2) is 8.81. The summed E-state index contributed by atoms with van der Waals surface area (Å²) in [5.74, 6) is -0.515. The first-order valence-electron chi connectivity index (χ1n) is 9.10. The summed E-state index contributed by atoms with van der Waals surface area (Å²) >= 11 is 0. The summed E-state index contributed by atoms with van der Waals surface area (Å²) in [6.45, 7) is 7.52. The lowest BCUT2D eigenvalue weighted by molar-refractivity contribution is -0.253. The summed E-state index contributed by atoms with van der Waals surface area (Å²) in [7, 11) is 0. The minimum Gasteiger partial charge on any atom is -0.445 e. The fraction of sp³-hybridized carbons (Fsp3) is 0.632. The Kier molecular flexibility index (Phi) is 6.48. The number of hydrogen-bond donors (Lipinski definition) is 1. The average Bonchev–Trinajstić information content (AvgIpc) is 2.66. The number of amides is 1. The van der Waals surface area contributed by atoms with Gasteiger partial charge in [0, 0.05) is 13.1 Å². The Balaban J connectivity index is 1.39. The summed E-state index contributed by atoms with van der Waals surface area (Å²) in [6, 6.07) is 9.81. The highest BCUT2D eigenvalue weighted by Gasteiger charge is 2.30. The predicted octanol–water partition coefficient (Wildman–Crippen LogP) is 1.77. The molecular weight excluding hydrogens is 336 g/mol. The van der Waals surface area contributed by atoms with Gasteiger partial charge in [0.15, 0.2) is 5.79 Å². The van der Waals surface area contributed by atoms with E-state index in [0.29, 0.717) is 39.5 Å². The standard InChI is InChI=1S/C19H28N2O5/c1-19(2)25-13-16(14-26-19)20-10-17-11-21(8-9-23-17)18(22)24-12-15-6-4-3-5-7-15/h3-7,16-17,20H,8-14H2,1-2H3. The maximum Gasteiger partial charge on any atom is 0.410 e. The third kappa shape index (κ3) is 5.67. The van der Waals surface area contributed by atoms with Crippen molar-refractivity contribution in [1.82, 2.24) is 10.2 Å². The van der Waals surface area contributed by atoms with Gasteiger partial charge in [-0.25, -0.2) is 4.79 Å². The molecule has 7 nitrogen and oxygen atoms in total. The van der Waals surface area contributed by atoms with Gasteiger partial charge in [-0.1, -0.05) is 30.3 Å². The van der Waals surface area contributed by atoms with Crippen molar-refractivity contribution in [1.29, 1.82) is 0 Å². The molecule has 1 N–H and O–H groups in total. The molecule has 0 radical (unpaired) electrons. The quantitative estimate of drug-likeness (QED) is 0.859. The summed E-state index contributed by atoms with van der Waals surface area (Å²) < 4.78 is 22.4. The number of ether oxygens (including phenoxy) is 4. The Morgan fingerprint density at radius 2 is 2.00 bits per heavy atom. The molecule has 2 fully saturated rings. The SMILES string of the molecule is CC1(C)OCC(NCC2CN(C(=O)OCc3ccccc3)CCO2)CO1. The highest BCUT2D eigenvalue weighted by atomic mass is 16.7. The van der Waals surface area contributed by atoms with Crippen LogP contribution in [0.3, 0.4) is 0 Å². The zero-order valence-corrected chi connectivity index (χ0v) is 15.5. The number of nitrogens with zero attached hydrogens (tertiary/aromatic N) is 1. The van der Waals surface area contributed by atoms with Crippen LogP contribution in [0.4, 0.5) is 4.79 Å². The molecule has 144 valence electrons. The Bertz CT molecular complexity index is 571. The van der Waals surface area contributed by atoms with Crippen molar-refractivity contribution < 1.29 is 23.7 Å².